The average molecular weight is 210 g/mol. The van der Waals surface area contributed by atoms with Crippen molar-refractivity contribution >= 4 is 0 Å². The molecule has 3 aliphatic carbocycles. The fraction of sp³-hybridized carbons (Fsp3) is 0.375. The first-order valence-electron chi connectivity index (χ1n) is 6.30. The molecule has 2 bridgehead atoms. The van der Waals surface area contributed by atoms with Gasteiger partial charge in [-0.25, -0.2) is 0 Å². The summed E-state index contributed by atoms with van der Waals surface area (Å²) in [5.74, 6) is 3.82. The molecular formula is C16H18. The first-order chi connectivity index (χ1) is 7.95. The van der Waals surface area contributed by atoms with E-state index in [1.54, 1.807) is 0 Å². The zero-order valence-corrected chi connectivity index (χ0v) is 9.50. The molecule has 0 saturated heterocycles. The minimum Gasteiger partial charge on any atom is -0.0879 e. The number of benzene rings is 1. The Morgan fingerprint density at radius 3 is 1.94 bits per heavy atom. The van der Waals surface area contributed by atoms with Crippen LogP contribution < -0.4 is 0 Å². The number of hydrogen-bond acceptors (Lipinski definition) is 0. The Balaban J connectivity index is 0.000000117. The van der Waals surface area contributed by atoms with Crippen LogP contribution in [0.1, 0.15) is 12.8 Å². The van der Waals surface area contributed by atoms with Gasteiger partial charge in [0.05, 0.1) is 0 Å². The SMILES string of the molecule is C1=CC2C3C=CC(C3)C2C1.c1ccccc1. The largest absolute Gasteiger partial charge is 0.0879 e. The maximum Gasteiger partial charge on any atom is -0.0133 e. The Kier molecular flexibility index (Phi) is 2.65. The molecule has 0 aliphatic heterocycles. The molecule has 0 aromatic heterocycles. The fourth-order valence-electron chi connectivity index (χ4n) is 3.36. The fourth-order valence-corrected chi connectivity index (χ4v) is 3.36. The predicted octanol–water partition coefficient (Wildman–Crippen LogP) is 4.07. The Morgan fingerprint density at radius 1 is 0.688 bits per heavy atom. The summed E-state index contributed by atoms with van der Waals surface area (Å²) in [6, 6.07) is 12.0. The van der Waals surface area contributed by atoms with Gasteiger partial charge < -0.3 is 0 Å². The maximum absolute atomic E-state index is 2.44. The van der Waals surface area contributed by atoms with Gasteiger partial charge >= 0.3 is 0 Å². The summed E-state index contributed by atoms with van der Waals surface area (Å²) in [5, 5.41) is 0. The summed E-state index contributed by atoms with van der Waals surface area (Å²) in [6.07, 6.45) is 12.5. The third kappa shape index (κ3) is 1.73. The minimum absolute atomic E-state index is 0.925. The van der Waals surface area contributed by atoms with Crippen molar-refractivity contribution in [1.29, 1.82) is 0 Å². The van der Waals surface area contributed by atoms with Crippen molar-refractivity contribution in [3.05, 3.63) is 60.7 Å². The van der Waals surface area contributed by atoms with E-state index in [2.05, 4.69) is 24.3 Å². The Hall–Kier alpha value is -1.30. The summed E-state index contributed by atoms with van der Waals surface area (Å²) in [5.41, 5.74) is 0. The second-order valence-electron chi connectivity index (χ2n) is 5.01. The topological polar surface area (TPSA) is 0 Å². The molecule has 1 fully saturated rings. The lowest BCUT2D eigenvalue weighted by Gasteiger charge is -2.18. The summed E-state index contributed by atoms with van der Waals surface area (Å²) < 4.78 is 0. The molecule has 0 nitrogen and oxygen atoms in total. The highest BCUT2D eigenvalue weighted by Gasteiger charge is 2.44. The van der Waals surface area contributed by atoms with Crippen LogP contribution in [0, 0.1) is 23.7 Å². The quantitative estimate of drug-likeness (QED) is 0.566. The van der Waals surface area contributed by atoms with Crippen LogP contribution in [0.5, 0.6) is 0 Å². The average Bonchev–Trinajstić information content (AvgIpc) is 3.06. The van der Waals surface area contributed by atoms with E-state index >= 15 is 0 Å². The molecule has 0 N–H and O–H groups in total. The smallest absolute Gasteiger partial charge is 0.0133 e. The Morgan fingerprint density at radius 2 is 1.31 bits per heavy atom. The van der Waals surface area contributed by atoms with Gasteiger partial charge in [-0.1, -0.05) is 60.7 Å². The number of rotatable bonds is 0. The van der Waals surface area contributed by atoms with E-state index in [4.69, 9.17) is 0 Å². The molecule has 3 aliphatic rings. The molecule has 1 aromatic rings. The molecular weight excluding hydrogens is 192 g/mol. The zero-order valence-electron chi connectivity index (χ0n) is 9.50. The van der Waals surface area contributed by atoms with E-state index in [1.165, 1.54) is 12.8 Å². The molecule has 0 spiro atoms. The van der Waals surface area contributed by atoms with Gasteiger partial charge in [-0.3, -0.25) is 0 Å². The summed E-state index contributed by atoms with van der Waals surface area (Å²) in [6.45, 7) is 0. The van der Waals surface area contributed by atoms with Crippen molar-refractivity contribution in [3.63, 3.8) is 0 Å². The van der Waals surface area contributed by atoms with Crippen LogP contribution in [0.2, 0.25) is 0 Å². The minimum atomic E-state index is 0.925. The van der Waals surface area contributed by atoms with E-state index in [0.29, 0.717) is 0 Å². The van der Waals surface area contributed by atoms with Crippen molar-refractivity contribution < 1.29 is 0 Å². The predicted molar refractivity (Wildman–Crippen MR) is 67.9 cm³/mol. The highest BCUT2D eigenvalue weighted by atomic mass is 14.5. The lowest BCUT2D eigenvalue weighted by atomic mass is 9.86. The normalized spacial score (nSPS) is 37.0. The first kappa shape index (κ1) is 9.89. The van der Waals surface area contributed by atoms with Gasteiger partial charge in [0.25, 0.3) is 0 Å². The molecule has 0 amide bonds. The zero-order chi connectivity index (χ0) is 10.8. The highest BCUT2D eigenvalue weighted by Crippen LogP contribution is 2.52. The molecule has 0 heterocycles. The standard InChI is InChI=1S/C10H12.C6H6/c1-2-9-7-4-5-8(6-7)10(9)3-1;1-2-4-6-5-3-1/h1-2,4-5,7-10H,3,6H2;1-6H. The maximum atomic E-state index is 2.44. The molecule has 0 heteroatoms. The first-order valence-corrected chi connectivity index (χ1v) is 6.30. The number of hydrogen-bond donors (Lipinski definition) is 0. The van der Waals surface area contributed by atoms with Gasteiger partial charge in [0, 0.05) is 0 Å². The van der Waals surface area contributed by atoms with Crippen molar-refractivity contribution in [1.82, 2.24) is 0 Å². The van der Waals surface area contributed by atoms with Gasteiger partial charge in [0.15, 0.2) is 0 Å². The lowest BCUT2D eigenvalue weighted by Crippen LogP contribution is -2.12. The van der Waals surface area contributed by atoms with Gasteiger partial charge in [0.2, 0.25) is 0 Å². The Labute approximate surface area is 97.7 Å². The van der Waals surface area contributed by atoms with Gasteiger partial charge in [-0.05, 0) is 36.5 Å². The highest BCUT2D eigenvalue weighted by molar-refractivity contribution is 5.21. The van der Waals surface area contributed by atoms with Gasteiger partial charge in [-0.2, -0.15) is 0 Å². The van der Waals surface area contributed by atoms with Crippen LogP contribution in [0.15, 0.2) is 60.7 Å². The van der Waals surface area contributed by atoms with E-state index in [9.17, 15) is 0 Å². The molecule has 0 radical (unpaired) electrons. The van der Waals surface area contributed by atoms with E-state index < -0.39 is 0 Å². The number of allylic oxidation sites excluding steroid dienone is 4. The van der Waals surface area contributed by atoms with Crippen LogP contribution in [0.25, 0.3) is 0 Å². The summed E-state index contributed by atoms with van der Waals surface area (Å²) >= 11 is 0. The molecule has 1 aromatic carbocycles. The molecule has 82 valence electrons. The van der Waals surface area contributed by atoms with Crippen molar-refractivity contribution in [3.8, 4) is 0 Å². The third-order valence-corrected chi connectivity index (χ3v) is 4.12. The second-order valence-corrected chi connectivity index (χ2v) is 5.01. The van der Waals surface area contributed by atoms with Crippen LogP contribution in [0.3, 0.4) is 0 Å². The molecule has 4 rings (SSSR count). The van der Waals surface area contributed by atoms with E-state index in [-0.39, 0.29) is 0 Å². The van der Waals surface area contributed by atoms with Crippen molar-refractivity contribution in [2.24, 2.45) is 23.7 Å². The van der Waals surface area contributed by atoms with Crippen LogP contribution in [-0.2, 0) is 0 Å². The third-order valence-electron chi connectivity index (χ3n) is 4.12. The molecule has 4 unspecified atom stereocenters. The monoisotopic (exact) mass is 210 g/mol. The van der Waals surface area contributed by atoms with Crippen LogP contribution >= 0.6 is 0 Å². The van der Waals surface area contributed by atoms with Crippen molar-refractivity contribution in [2.75, 3.05) is 0 Å². The van der Waals surface area contributed by atoms with E-state index in [1.807, 2.05) is 36.4 Å². The lowest BCUT2D eigenvalue weighted by molar-refractivity contribution is 0.398. The van der Waals surface area contributed by atoms with Gasteiger partial charge in [0.1, 0.15) is 0 Å². The summed E-state index contributed by atoms with van der Waals surface area (Å²) in [7, 11) is 0. The van der Waals surface area contributed by atoms with Crippen molar-refractivity contribution in [2.45, 2.75) is 12.8 Å². The molecule has 16 heavy (non-hydrogen) atoms. The Bertz CT molecular complexity index is 361. The molecule has 1 saturated carbocycles. The van der Waals surface area contributed by atoms with Crippen LogP contribution in [-0.4, -0.2) is 0 Å². The van der Waals surface area contributed by atoms with E-state index in [0.717, 1.165) is 23.7 Å². The van der Waals surface area contributed by atoms with Crippen LogP contribution in [0.4, 0.5) is 0 Å². The molecule has 4 atom stereocenters. The van der Waals surface area contributed by atoms with Gasteiger partial charge in [-0.15, -0.1) is 0 Å². The summed E-state index contributed by atoms with van der Waals surface area (Å²) in [4.78, 5) is 0. The number of fused-ring (bicyclic) bond motifs is 5. The second kappa shape index (κ2) is 4.29.